The lowest BCUT2D eigenvalue weighted by Gasteiger charge is -2.29. The summed E-state index contributed by atoms with van der Waals surface area (Å²) in [6.45, 7) is 5.45. The minimum atomic E-state index is -0.469. The molecule has 2 rings (SSSR count). The van der Waals surface area contributed by atoms with Gasteiger partial charge in [0, 0.05) is 13.1 Å². The third-order valence-corrected chi connectivity index (χ3v) is 3.53. The van der Waals surface area contributed by atoms with Crippen LogP contribution in [0.3, 0.4) is 0 Å². The number of carbonyl (C=O) groups excluding carboxylic acids is 1. The highest BCUT2D eigenvalue weighted by Crippen LogP contribution is 2.12. The van der Waals surface area contributed by atoms with Gasteiger partial charge in [-0.15, -0.1) is 12.4 Å². The fourth-order valence-electron chi connectivity index (χ4n) is 2.24. The lowest BCUT2D eigenvalue weighted by molar-refractivity contribution is -0.129. The van der Waals surface area contributed by atoms with Crippen LogP contribution in [0.5, 0.6) is 0 Å². The number of benzene rings is 1. The Morgan fingerprint density at radius 2 is 2.14 bits per heavy atom. The van der Waals surface area contributed by atoms with Crippen molar-refractivity contribution < 1.29 is 14.6 Å². The molecule has 0 saturated carbocycles. The average Bonchev–Trinajstić information content (AvgIpc) is 2.45. The van der Waals surface area contributed by atoms with Crippen LogP contribution in [-0.2, 0) is 16.1 Å². The van der Waals surface area contributed by atoms with Gasteiger partial charge in [0.1, 0.15) is 6.04 Å². The molecule has 118 valence electrons. The second-order valence-electron chi connectivity index (χ2n) is 5.14. The zero-order valence-electron chi connectivity index (χ0n) is 12.3. The lowest BCUT2D eigenvalue weighted by Crippen LogP contribution is -2.55. The Labute approximate surface area is 131 Å². The van der Waals surface area contributed by atoms with Gasteiger partial charge in [-0.05, 0) is 25.0 Å². The Morgan fingerprint density at radius 1 is 1.48 bits per heavy atom. The number of amides is 1. The van der Waals surface area contributed by atoms with Gasteiger partial charge in [-0.2, -0.15) is 0 Å². The maximum atomic E-state index is 12.1. The molecule has 3 N–H and O–H groups in total. The monoisotopic (exact) mass is 314 g/mol. The van der Waals surface area contributed by atoms with Gasteiger partial charge >= 0.3 is 0 Å². The Bertz CT molecular complexity index is 451. The van der Waals surface area contributed by atoms with E-state index in [2.05, 4.69) is 10.6 Å². The Hall–Kier alpha value is -1.14. The Morgan fingerprint density at radius 3 is 2.71 bits per heavy atom. The molecule has 1 saturated heterocycles. The summed E-state index contributed by atoms with van der Waals surface area (Å²) < 4.78 is 5.45. The van der Waals surface area contributed by atoms with E-state index in [0.29, 0.717) is 19.7 Å². The Balaban J connectivity index is 0.00000220. The molecule has 1 aliphatic rings. The van der Waals surface area contributed by atoms with E-state index < -0.39 is 6.10 Å². The largest absolute Gasteiger partial charge is 0.389 e. The number of aliphatic hydroxyl groups is 1. The van der Waals surface area contributed by atoms with Gasteiger partial charge in [-0.25, -0.2) is 0 Å². The number of aliphatic hydroxyl groups excluding tert-OH is 1. The van der Waals surface area contributed by atoms with Crippen molar-refractivity contribution in [2.24, 2.45) is 0 Å². The van der Waals surface area contributed by atoms with Gasteiger partial charge in [0.05, 0.1) is 18.8 Å². The standard InChI is InChI=1S/C15H22N2O3.ClH/c1-10(18)13-5-3-12(4-6-13)9-17-15(19)14-11(2)20-8-7-16-14;/h3-6,10-11,14,16,18H,7-9H2,1-2H3,(H,17,19);1H/t10?,11-,14+;/m1./s1. The van der Waals surface area contributed by atoms with E-state index in [1.165, 1.54) is 0 Å². The second-order valence-corrected chi connectivity index (χ2v) is 5.14. The van der Waals surface area contributed by atoms with Crippen LogP contribution < -0.4 is 10.6 Å². The molecule has 1 aromatic carbocycles. The molecule has 0 aliphatic carbocycles. The van der Waals surface area contributed by atoms with Gasteiger partial charge in [0.25, 0.3) is 0 Å². The highest BCUT2D eigenvalue weighted by molar-refractivity contribution is 5.85. The summed E-state index contributed by atoms with van der Waals surface area (Å²) in [5, 5.41) is 15.5. The van der Waals surface area contributed by atoms with Gasteiger partial charge in [0.2, 0.25) is 5.91 Å². The minimum Gasteiger partial charge on any atom is -0.389 e. The molecule has 1 unspecified atom stereocenters. The summed E-state index contributed by atoms with van der Waals surface area (Å²) in [5.41, 5.74) is 1.88. The summed E-state index contributed by atoms with van der Waals surface area (Å²) in [6.07, 6.45) is -0.579. The predicted molar refractivity (Wildman–Crippen MR) is 83.4 cm³/mol. The molecule has 1 amide bonds. The van der Waals surface area contributed by atoms with E-state index in [4.69, 9.17) is 4.74 Å². The Kier molecular flexibility index (Phi) is 7.11. The number of halogens is 1. The first kappa shape index (κ1) is 17.9. The molecule has 0 aromatic heterocycles. The molecule has 1 aliphatic heterocycles. The van der Waals surface area contributed by atoms with Crippen LogP contribution in [0.1, 0.15) is 31.1 Å². The summed E-state index contributed by atoms with van der Waals surface area (Å²) >= 11 is 0. The summed E-state index contributed by atoms with van der Waals surface area (Å²) in [5.74, 6) is -0.0446. The highest BCUT2D eigenvalue weighted by Gasteiger charge is 2.27. The van der Waals surface area contributed by atoms with Gasteiger partial charge in [-0.3, -0.25) is 4.79 Å². The highest BCUT2D eigenvalue weighted by atomic mass is 35.5. The van der Waals surface area contributed by atoms with E-state index in [1.54, 1.807) is 6.92 Å². The van der Waals surface area contributed by atoms with Crippen molar-refractivity contribution in [2.75, 3.05) is 13.2 Å². The molecule has 0 bridgehead atoms. The SMILES string of the molecule is CC(O)c1ccc(CNC(=O)[C@H]2NCCO[C@@H]2C)cc1.Cl. The molecule has 6 heteroatoms. The number of hydrogen-bond donors (Lipinski definition) is 3. The van der Waals surface area contributed by atoms with Crippen molar-refractivity contribution >= 4 is 18.3 Å². The fourth-order valence-corrected chi connectivity index (χ4v) is 2.24. The first-order chi connectivity index (χ1) is 9.58. The topological polar surface area (TPSA) is 70.6 Å². The number of rotatable bonds is 4. The van der Waals surface area contributed by atoms with Crippen LogP contribution in [-0.4, -0.2) is 36.3 Å². The molecule has 1 aromatic rings. The van der Waals surface area contributed by atoms with Crippen LogP contribution in [0, 0.1) is 0 Å². The van der Waals surface area contributed by atoms with E-state index in [9.17, 15) is 9.90 Å². The summed E-state index contributed by atoms with van der Waals surface area (Å²) in [6, 6.07) is 7.28. The van der Waals surface area contributed by atoms with Crippen LogP contribution in [0.4, 0.5) is 0 Å². The number of morpholine rings is 1. The maximum Gasteiger partial charge on any atom is 0.240 e. The number of carbonyl (C=O) groups is 1. The molecule has 1 fully saturated rings. The molecular weight excluding hydrogens is 292 g/mol. The van der Waals surface area contributed by atoms with Crippen molar-refractivity contribution in [1.82, 2.24) is 10.6 Å². The average molecular weight is 315 g/mol. The molecule has 0 radical (unpaired) electrons. The van der Waals surface area contributed by atoms with Gasteiger partial charge in [0.15, 0.2) is 0 Å². The molecule has 5 nitrogen and oxygen atoms in total. The molecule has 0 spiro atoms. The third kappa shape index (κ3) is 4.97. The van der Waals surface area contributed by atoms with E-state index in [0.717, 1.165) is 11.1 Å². The molecule has 21 heavy (non-hydrogen) atoms. The predicted octanol–water partition coefficient (Wildman–Crippen LogP) is 1.15. The second kappa shape index (κ2) is 8.34. The van der Waals surface area contributed by atoms with Crippen LogP contribution in [0.2, 0.25) is 0 Å². The number of ether oxygens (including phenoxy) is 1. The minimum absolute atomic E-state index is 0. The maximum absolute atomic E-state index is 12.1. The fraction of sp³-hybridized carbons (Fsp3) is 0.533. The number of hydrogen-bond acceptors (Lipinski definition) is 4. The van der Waals surface area contributed by atoms with E-state index >= 15 is 0 Å². The summed E-state index contributed by atoms with van der Waals surface area (Å²) in [7, 11) is 0. The number of nitrogens with one attached hydrogen (secondary N) is 2. The smallest absolute Gasteiger partial charge is 0.240 e. The third-order valence-electron chi connectivity index (χ3n) is 3.53. The molecule has 1 heterocycles. The van der Waals surface area contributed by atoms with Crippen LogP contribution in [0.15, 0.2) is 24.3 Å². The van der Waals surface area contributed by atoms with E-state index in [-0.39, 0.29) is 30.5 Å². The van der Waals surface area contributed by atoms with Crippen LogP contribution >= 0.6 is 12.4 Å². The van der Waals surface area contributed by atoms with Crippen molar-refractivity contribution in [2.45, 2.75) is 38.6 Å². The zero-order chi connectivity index (χ0) is 14.5. The first-order valence-electron chi connectivity index (χ1n) is 6.97. The van der Waals surface area contributed by atoms with Gasteiger partial charge < -0.3 is 20.5 Å². The van der Waals surface area contributed by atoms with Crippen molar-refractivity contribution in [3.63, 3.8) is 0 Å². The first-order valence-corrected chi connectivity index (χ1v) is 6.97. The summed E-state index contributed by atoms with van der Waals surface area (Å²) in [4.78, 5) is 12.1. The molecule has 3 atom stereocenters. The van der Waals surface area contributed by atoms with Crippen molar-refractivity contribution in [3.8, 4) is 0 Å². The lowest BCUT2D eigenvalue weighted by atomic mass is 10.1. The molecular formula is C15H23ClN2O3. The van der Waals surface area contributed by atoms with E-state index in [1.807, 2.05) is 31.2 Å². The quantitative estimate of drug-likeness (QED) is 0.780. The van der Waals surface area contributed by atoms with Gasteiger partial charge in [-0.1, -0.05) is 24.3 Å². The zero-order valence-corrected chi connectivity index (χ0v) is 13.2. The van der Waals surface area contributed by atoms with Crippen molar-refractivity contribution in [1.29, 1.82) is 0 Å². The van der Waals surface area contributed by atoms with Crippen LogP contribution in [0.25, 0.3) is 0 Å². The normalized spacial score (nSPS) is 23.0. The van der Waals surface area contributed by atoms with Crippen molar-refractivity contribution in [3.05, 3.63) is 35.4 Å².